The predicted octanol–water partition coefficient (Wildman–Crippen LogP) is 4.25. The van der Waals surface area contributed by atoms with Crippen molar-refractivity contribution in [3.63, 3.8) is 0 Å². The summed E-state index contributed by atoms with van der Waals surface area (Å²) in [4.78, 5) is 10.6. The van der Waals surface area contributed by atoms with Crippen LogP contribution in [-0.4, -0.2) is 6.29 Å². The summed E-state index contributed by atoms with van der Waals surface area (Å²) >= 11 is 6.01. The van der Waals surface area contributed by atoms with Gasteiger partial charge in [-0.1, -0.05) is 29.3 Å². The van der Waals surface area contributed by atoms with Crippen LogP contribution in [0.4, 0.5) is 0 Å². The summed E-state index contributed by atoms with van der Waals surface area (Å²) in [5, 5.41) is 0.426. The van der Waals surface area contributed by atoms with Gasteiger partial charge in [0, 0.05) is 5.56 Å². The van der Waals surface area contributed by atoms with Crippen LogP contribution < -0.4 is 4.74 Å². The fourth-order valence-corrected chi connectivity index (χ4v) is 1.63. The Morgan fingerprint density at radius 1 is 1.12 bits per heavy atom. The van der Waals surface area contributed by atoms with Crippen molar-refractivity contribution in [2.75, 3.05) is 0 Å². The standard InChI is InChI=1S/C14H11ClO2/c1-10-2-5-12(6-3-10)17-14-7-4-11(9-16)8-13(14)15/h2-9H,1H3. The number of carbonyl (C=O) groups is 1. The van der Waals surface area contributed by atoms with Crippen LogP contribution in [0.5, 0.6) is 11.5 Å². The highest BCUT2D eigenvalue weighted by molar-refractivity contribution is 6.32. The van der Waals surface area contributed by atoms with Gasteiger partial charge in [0.05, 0.1) is 5.02 Å². The molecule has 2 rings (SSSR count). The molecule has 0 saturated heterocycles. The smallest absolute Gasteiger partial charge is 0.150 e. The van der Waals surface area contributed by atoms with Crippen molar-refractivity contribution in [2.24, 2.45) is 0 Å². The van der Waals surface area contributed by atoms with Gasteiger partial charge in [-0.15, -0.1) is 0 Å². The summed E-state index contributed by atoms with van der Waals surface area (Å²) < 4.78 is 5.62. The summed E-state index contributed by atoms with van der Waals surface area (Å²) in [5.74, 6) is 1.26. The lowest BCUT2D eigenvalue weighted by Gasteiger charge is -2.07. The molecule has 0 spiro atoms. The average Bonchev–Trinajstić information content (AvgIpc) is 2.34. The SMILES string of the molecule is Cc1ccc(Oc2ccc(C=O)cc2Cl)cc1. The lowest BCUT2D eigenvalue weighted by atomic mass is 10.2. The van der Waals surface area contributed by atoms with Crippen LogP contribution in [0.3, 0.4) is 0 Å². The van der Waals surface area contributed by atoms with Gasteiger partial charge in [-0.25, -0.2) is 0 Å². The number of aryl methyl sites for hydroxylation is 1. The van der Waals surface area contributed by atoms with Gasteiger partial charge in [-0.2, -0.15) is 0 Å². The van der Waals surface area contributed by atoms with E-state index in [0.717, 1.165) is 12.0 Å². The van der Waals surface area contributed by atoms with E-state index in [4.69, 9.17) is 16.3 Å². The molecule has 0 amide bonds. The molecule has 0 unspecified atom stereocenters. The van der Waals surface area contributed by atoms with Crippen molar-refractivity contribution in [2.45, 2.75) is 6.92 Å². The molecule has 17 heavy (non-hydrogen) atoms. The first kappa shape index (κ1) is 11.7. The van der Waals surface area contributed by atoms with Crippen LogP contribution in [0.25, 0.3) is 0 Å². The Labute approximate surface area is 105 Å². The van der Waals surface area contributed by atoms with Gasteiger partial charge in [0.15, 0.2) is 0 Å². The molecular weight excluding hydrogens is 236 g/mol. The fourth-order valence-electron chi connectivity index (χ4n) is 1.41. The highest BCUT2D eigenvalue weighted by Crippen LogP contribution is 2.29. The number of halogens is 1. The Morgan fingerprint density at radius 3 is 2.41 bits per heavy atom. The molecule has 86 valence electrons. The molecule has 2 nitrogen and oxygen atoms in total. The van der Waals surface area contributed by atoms with E-state index in [2.05, 4.69) is 0 Å². The fraction of sp³-hybridized carbons (Fsp3) is 0.0714. The molecule has 2 aromatic carbocycles. The molecule has 0 N–H and O–H groups in total. The number of hydrogen-bond donors (Lipinski definition) is 0. The average molecular weight is 247 g/mol. The van der Waals surface area contributed by atoms with E-state index in [1.165, 1.54) is 5.56 Å². The Kier molecular flexibility index (Phi) is 3.45. The van der Waals surface area contributed by atoms with E-state index in [9.17, 15) is 4.79 Å². The van der Waals surface area contributed by atoms with Gasteiger partial charge in [0.1, 0.15) is 17.8 Å². The van der Waals surface area contributed by atoms with E-state index in [1.54, 1.807) is 18.2 Å². The number of ether oxygens (including phenoxy) is 1. The normalized spacial score (nSPS) is 10.0. The summed E-state index contributed by atoms with van der Waals surface area (Å²) in [6.45, 7) is 2.01. The van der Waals surface area contributed by atoms with Crippen LogP contribution in [-0.2, 0) is 0 Å². The minimum Gasteiger partial charge on any atom is -0.456 e. The molecule has 0 aliphatic rings. The van der Waals surface area contributed by atoms with Crippen LogP contribution in [0.1, 0.15) is 15.9 Å². The molecule has 0 aliphatic carbocycles. The Hall–Kier alpha value is -1.80. The zero-order valence-electron chi connectivity index (χ0n) is 9.31. The maximum Gasteiger partial charge on any atom is 0.150 e. The molecule has 0 heterocycles. The van der Waals surface area contributed by atoms with Gasteiger partial charge < -0.3 is 4.74 Å². The van der Waals surface area contributed by atoms with E-state index in [1.807, 2.05) is 31.2 Å². The number of benzene rings is 2. The van der Waals surface area contributed by atoms with E-state index in [0.29, 0.717) is 16.3 Å². The summed E-state index contributed by atoms with van der Waals surface area (Å²) in [6.07, 6.45) is 0.752. The van der Waals surface area contributed by atoms with Gasteiger partial charge >= 0.3 is 0 Å². The molecule has 3 heteroatoms. The topological polar surface area (TPSA) is 26.3 Å². The van der Waals surface area contributed by atoms with Crippen molar-refractivity contribution in [3.05, 3.63) is 58.6 Å². The molecule has 0 saturated carbocycles. The molecule has 0 aliphatic heterocycles. The molecule has 0 radical (unpaired) electrons. The Bertz CT molecular complexity index is 532. The first-order chi connectivity index (χ1) is 8.19. The summed E-state index contributed by atoms with van der Waals surface area (Å²) in [7, 11) is 0. The predicted molar refractivity (Wildman–Crippen MR) is 68.1 cm³/mol. The molecule has 0 bridgehead atoms. The molecule has 2 aromatic rings. The summed E-state index contributed by atoms with van der Waals surface area (Å²) in [6, 6.07) is 12.6. The molecule has 0 fully saturated rings. The maximum absolute atomic E-state index is 10.6. The van der Waals surface area contributed by atoms with Crippen molar-refractivity contribution in [1.29, 1.82) is 0 Å². The second kappa shape index (κ2) is 5.02. The van der Waals surface area contributed by atoms with Gasteiger partial charge in [-0.05, 0) is 37.3 Å². The first-order valence-electron chi connectivity index (χ1n) is 5.18. The Morgan fingerprint density at radius 2 is 1.82 bits per heavy atom. The molecule has 0 aromatic heterocycles. The number of hydrogen-bond acceptors (Lipinski definition) is 2. The van der Waals surface area contributed by atoms with E-state index in [-0.39, 0.29) is 0 Å². The second-order valence-corrected chi connectivity index (χ2v) is 4.13. The highest BCUT2D eigenvalue weighted by atomic mass is 35.5. The lowest BCUT2D eigenvalue weighted by Crippen LogP contribution is -1.87. The van der Waals surface area contributed by atoms with Crippen LogP contribution in [0.15, 0.2) is 42.5 Å². The van der Waals surface area contributed by atoms with E-state index < -0.39 is 0 Å². The maximum atomic E-state index is 10.6. The minimum absolute atomic E-state index is 0.426. The second-order valence-electron chi connectivity index (χ2n) is 3.72. The highest BCUT2D eigenvalue weighted by Gasteiger charge is 2.04. The third kappa shape index (κ3) is 2.86. The largest absolute Gasteiger partial charge is 0.456 e. The van der Waals surface area contributed by atoms with Crippen molar-refractivity contribution in [3.8, 4) is 11.5 Å². The zero-order chi connectivity index (χ0) is 12.3. The van der Waals surface area contributed by atoms with Crippen molar-refractivity contribution < 1.29 is 9.53 Å². The van der Waals surface area contributed by atoms with Crippen LogP contribution >= 0.6 is 11.6 Å². The Balaban J connectivity index is 2.24. The van der Waals surface area contributed by atoms with Crippen molar-refractivity contribution >= 4 is 17.9 Å². The monoisotopic (exact) mass is 246 g/mol. The van der Waals surface area contributed by atoms with Gasteiger partial charge in [0.25, 0.3) is 0 Å². The molecular formula is C14H11ClO2. The van der Waals surface area contributed by atoms with Gasteiger partial charge in [-0.3, -0.25) is 4.79 Å². The third-order valence-electron chi connectivity index (χ3n) is 2.34. The van der Waals surface area contributed by atoms with E-state index >= 15 is 0 Å². The summed E-state index contributed by atoms with van der Waals surface area (Å²) in [5.41, 5.74) is 1.70. The minimum atomic E-state index is 0.426. The number of carbonyl (C=O) groups excluding carboxylic acids is 1. The first-order valence-corrected chi connectivity index (χ1v) is 5.56. The lowest BCUT2D eigenvalue weighted by molar-refractivity contribution is 0.112. The quantitative estimate of drug-likeness (QED) is 0.757. The van der Waals surface area contributed by atoms with Crippen molar-refractivity contribution in [1.82, 2.24) is 0 Å². The van der Waals surface area contributed by atoms with Gasteiger partial charge in [0.2, 0.25) is 0 Å². The molecule has 0 atom stereocenters. The number of aldehydes is 1. The zero-order valence-corrected chi connectivity index (χ0v) is 10.1. The number of rotatable bonds is 3. The third-order valence-corrected chi connectivity index (χ3v) is 2.64. The van der Waals surface area contributed by atoms with Crippen LogP contribution in [0, 0.1) is 6.92 Å². The van der Waals surface area contributed by atoms with Crippen LogP contribution in [0.2, 0.25) is 5.02 Å².